The summed E-state index contributed by atoms with van der Waals surface area (Å²) in [6, 6.07) is 19.0. The van der Waals surface area contributed by atoms with Gasteiger partial charge in [-0.3, -0.25) is 14.5 Å². The summed E-state index contributed by atoms with van der Waals surface area (Å²) < 4.78 is 2.07. The van der Waals surface area contributed by atoms with Gasteiger partial charge in [0, 0.05) is 43.1 Å². The van der Waals surface area contributed by atoms with Gasteiger partial charge in [0.05, 0.1) is 6.54 Å². The van der Waals surface area contributed by atoms with E-state index in [2.05, 4.69) is 45.1 Å². The zero-order chi connectivity index (χ0) is 25.4. The van der Waals surface area contributed by atoms with Gasteiger partial charge in [-0.2, -0.15) is 0 Å². The maximum absolute atomic E-state index is 14.0. The third kappa shape index (κ3) is 4.56. The highest BCUT2D eigenvalue weighted by Gasteiger charge is 2.47. The van der Waals surface area contributed by atoms with E-state index in [1.54, 1.807) is 0 Å². The van der Waals surface area contributed by atoms with Crippen molar-refractivity contribution in [2.45, 2.75) is 76.5 Å². The molecule has 3 aliphatic rings. The molecular weight excluding hydrogens is 460 g/mol. The summed E-state index contributed by atoms with van der Waals surface area (Å²) in [5.74, 6) is -0.0455. The van der Waals surface area contributed by atoms with Gasteiger partial charge in [-0.1, -0.05) is 61.7 Å². The predicted octanol–water partition coefficient (Wildman–Crippen LogP) is 4.75. The average molecular weight is 499 g/mol. The standard InChI is InChI=1S/C31H38N4O2/c1-31(30(37)32-26-13-3-2-4-14-26)22-34-27-15-8-7-11-24(27)20-28(34)29(36)35(31)18-9-17-33-19-16-23-10-5-6-12-25(23)21-33/h5-8,10-12,15,20,26H,2-4,9,13-14,16-19,21-22H2,1H3,(H,32,37). The van der Waals surface area contributed by atoms with Crippen molar-refractivity contribution in [3.8, 4) is 0 Å². The monoisotopic (exact) mass is 498 g/mol. The molecule has 6 nitrogen and oxygen atoms in total. The SMILES string of the molecule is CC1(C(=O)NC2CCCCC2)Cn2c(cc3ccccc32)C(=O)N1CCCN1CCc2ccccc2C1. The van der Waals surface area contributed by atoms with E-state index < -0.39 is 5.54 Å². The van der Waals surface area contributed by atoms with E-state index in [1.807, 2.05) is 36.1 Å². The Bertz CT molecular complexity index is 1310. The molecule has 1 unspecified atom stereocenters. The van der Waals surface area contributed by atoms with Crippen molar-refractivity contribution in [2.24, 2.45) is 0 Å². The molecule has 0 spiro atoms. The number of para-hydroxylation sites is 1. The first-order valence-electron chi connectivity index (χ1n) is 14.0. The maximum Gasteiger partial charge on any atom is 0.271 e. The average Bonchev–Trinajstić information content (AvgIpc) is 3.29. The van der Waals surface area contributed by atoms with Crippen LogP contribution in [0.25, 0.3) is 10.9 Å². The minimum Gasteiger partial charge on any atom is -0.351 e. The van der Waals surface area contributed by atoms with Crippen molar-refractivity contribution in [3.05, 3.63) is 71.4 Å². The zero-order valence-corrected chi connectivity index (χ0v) is 21.9. The van der Waals surface area contributed by atoms with Crippen molar-refractivity contribution in [2.75, 3.05) is 19.6 Å². The molecule has 0 radical (unpaired) electrons. The second kappa shape index (κ2) is 9.97. The number of carbonyl (C=O) groups excluding carboxylic acids is 2. The summed E-state index contributed by atoms with van der Waals surface area (Å²) >= 11 is 0. The third-order valence-electron chi connectivity index (χ3n) is 8.83. The number of aromatic nitrogens is 1. The lowest BCUT2D eigenvalue weighted by molar-refractivity contribution is -0.133. The van der Waals surface area contributed by atoms with Gasteiger partial charge in [-0.25, -0.2) is 0 Å². The lowest BCUT2D eigenvalue weighted by atomic mass is 9.91. The second-order valence-corrected chi connectivity index (χ2v) is 11.4. The van der Waals surface area contributed by atoms with E-state index in [0.29, 0.717) is 18.8 Å². The summed E-state index contributed by atoms with van der Waals surface area (Å²) in [4.78, 5) is 32.2. The van der Waals surface area contributed by atoms with Gasteiger partial charge < -0.3 is 14.8 Å². The Morgan fingerprint density at radius 3 is 2.59 bits per heavy atom. The molecule has 3 heterocycles. The van der Waals surface area contributed by atoms with E-state index in [1.165, 1.54) is 17.5 Å². The number of benzene rings is 2. The summed E-state index contributed by atoms with van der Waals surface area (Å²) in [6.45, 7) is 5.94. The number of hydrogen-bond acceptors (Lipinski definition) is 3. The number of amides is 2. The van der Waals surface area contributed by atoms with Gasteiger partial charge in [0.1, 0.15) is 11.2 Å². The summed E-state index contributed by atoms with van der Waals surface area (Å²) in [5.41, 5.74) is 3.65. The van der Waals surface area contributed by atoms with Gasteiger partial charge >= 0.3 is 0 Å². The van der Waals surface area contributed by atoms with Crippen LogP contribution in [0.1, 0.15) is 67.1 Å². The van der Waals surface area contributed by atoms with Crippen LogP contribution in [0.2, 0.25) is 0 Å². The van der Waals surface area contributed by atoms with Crippen LogP contribution in [-0.2, 0) is 24.3 Å². The lowest BCUT2D eigenvalue weighted by Crippen LogP contribution is -2.65. The molecule has 1 saturated carbocycles. The molecule has 1 aliphatic carbocycles. The molecule has 3 aromatic rings. The number of carbonyl (C=O) groups is 2. The number of rotatable bonds is 6. The largest absolute Gasteiger partial charge is 0.351 e. The van der Waals surface area contributed by atoms with Crippen molar-refractivity contribution in [1.82, 2.24) is 19.7 Å². The second-order valence-electron chi connectivity index (χ2n) is 11.4. The fourth-order valence-electron chi connectivity index (χ4n) is 6.64. The van der Waals surface area contributed by atoms with E-state index >= 15 is 0 Å². The molecule has 2 aromatic carbocycles. The highest BCUT2D eigenvalue weighted by atomic mass is 16.2. The van der Waals surface area contributed by atoms with Crippen LogP contribution in [0.3, 0.4) is 0 Å². The molecule has 1 N–H and O–H groups in total. The van der Waals surface area contributed by atoms with Crippen LogP contribution in [0, 0.1) is 0 Å². The summed E-state index contributed by atoms with van der Waals surface area (Å²) in [7, 11) is 0. The van der Waals surface area contributed by atoms with Crippen LogP contribution in [0.4, 0.5) is 0 Å². The fourth-order valence-corrected chi connectivity index (χ4v) is 6.64. The molecule has 6 rings (SSSR count). The fraction of sp³-hybridized carbons (Fsp3) is 0.484. The van der Waals surface area contributed by atoms with Crippen LogP contribution < -0.4 is 5.32 Å². The van der Waals surface area contributed by atoms with Crippen molar-refractivity contribution in [3.63, 3.8) is 0 Å². The summed E-state index contributed by atoms with van der Waals surface area (Å²) in [5, 5.41) is 4.40. The van der Waals surface area contributed by atoms with Gasteiger partial charge in [0.25, 0.3) is 5.91 Å². The molecule has 6 heteroatoms. The van der Waals surface area contributed by atoms with E-state index in [-0.39, 0.29) is 17.9 Å². The summed E-state index contributed by atoms with van der Waals surface area (Å²) in [6.07, 6.45) is 7.55. The predicted molar refractivity (Wildman–Crippen MR) is 146 cm³/mol. The first kappa shape index (κ1) is 24.2. The molecular formula is C31H38N4O2. The van der Waals surface area contributed by atoms with E-state index in [0.717, 1.165) is 69.1 Å². The van der Waals surface area contributed by atoms with Crippen molar-refractivity contribution >= 4 is 22.7 Å². The molecule has 1 atom stereocenters. The topological polar surface area (TPSA) is 57.6 Å². The zero-order valence-electron chi connectivity index (χ0n) is 21.9. The van der Waals surface area contributed by atoms with Gasteiger partial charge in [0.15, 0.2) is 0 Å². The van der Waals surface area contributed by atoms with Crippen LogP contribution in [0.15, 0.2) is 54.6 Å². The number of fused-ring (bicyclic) bond motifs is 4. The Hall–Kier alpha value is -3.12. The smallest absolute Gasteiger partial charge is 0.271 e. The lowest BCUT2D eigenvalue weighted by Gasteiger charge is -2.45. The molecule has 194 valence electrons. The molecule has 1 aromatic heterocycles. The number of hydrogen-bond donors (Lipinski definition) is 1. The third-order valence-corrected chi connectivity index (χ3v) is 8.83. The quantitative estimate of drug-likeness (QED) is 0.534. The van der Waals surface area contributed by atoms with Gasteiger partial charge in [-0.15, -0.1) is 0 Å². The molecule has 2 aliphatic heterocycles. The Morgan fingerprint density at radius 2 is 1.76 bits per heavy atom. The Labute approximate surface area is 219 Å². The Balaban J connectivity index is 1.23. The molecule has 37 heavy (non-hydrogen) atoms. The number of nitrogens with one attached hydrogen (secondary N) is 1. The van der Waals surface area contributed by atoms with Crippen LogP contribution >= 0.6 is 0 Å². The highest BCUT2D eigenvalue weighted by Crippen LogP contribution is 2.33. The van der Waals surface area contributed by atoms with E-state index in [9.17, 15) is 9.59 Å². The van der Waals surface area contributed by atoms with Crippen LogP contribution in [0.5, 0.6) is 0 Å². The Morgan fingerprint density at radius 1 is 1.00 bits per heavy atom. The van der Waals surface area contributed by atoms with Gasteiger partial charge in [-0.05, 0) is 55.9 Å². The van der Waals surface area contributed by atoms with Gasteiger partial charge in [0.2, 0.25) is 5.91 Å². The minimum atomic E-state index is -0.919. The highest BCUT2D eigenvalue weighted by molar-refractivity contribution is 6.03. The molecule has 0 saturated heterocycles. The molecule has 0 bridgehead atoms. The van der Waals surface area contributed by atoms with Crippen molar-refractivity contribution in [1.29, 1.82) is 0 Å². The molecule has 2 amide bonds. The maximum atomic E-state index is 14.0. The van der Waals surface area contributed by atoms with Crippen LogP contribution in [-0.4, -0.2) is 57.4 Å². The minimum absolute atomic E-state index is 0.0110. The van der Waals surface area contributed by atoms with E-state index in [4.69, 9.17) is 0 Å². The normalized spacial score (nSPS) is 22.6. The Kier molecular flexibility index (Phi) is 6.53. The first-order valence-corrected chi connectivity index (χ1v) is 14.0. The number of nitrogens with zero attached hydrogens (tertiary/aromatic N) is 3. The molecule has 1 fully saturated rings. The first-order chi connectivity index (χ1) is 18.0. The van der Waals surface area contributed by atoms with Crippen molar-refractivity contribution < 1.29 is 9.59 Å².